The van der Waals surface area contributed by atoms with Crippen molar-refractivity contribution in [3.8, 4) is 0 Å². The van der Waals surface area contributed by atoms with Crippen molar-refractivity contribution >= 4 is 11.6 Å². The van der Waals surface area contributed by atoms with Crippen LogP contribution in [0.3, 0.4) is 0 Å². The third-order valence-corrected chi connectivity index (χ3v) is 4.87. The Morgan fingerprint density at radius 3 is 2.57 bits per heavy atom. The maximum Gasteiger partial charge on any atom is 0.167 e. The zero-order chi connectivity index (χ0) is 14.9. The van der Waals surface area contributed by atoms with E-state index in [2.05, 4.69) is 20.8 Å². The van der Waals surface area contributed by atoms with Crippen LogP contribution in [0.5, 0.6) is 0 Å². The first-order chi connectivity index (χ1) is 9.45. The summed E-state index contributed by atoms with van der Waals surface area (Å²) in [5.74, 6) is 0.420. The van der Waals surface area contributed by atoms with E-state index in [0.717, 1.165) is 12.0 Å². The van der Waals surface area contributed by atoms with Gasteiger partial charge in [-0.15, -0.1) is 0 Å². The molecule has 0 spiro atoms. The molecule has 1 aliphatic rings. The SMILES string of the molecule is [CH2-]CC1(CCC(=O)CC)Cc2c(ccc(C)c2C)C1=O.[Y]. The van der Waals surface area contributed by atoms with Crippen LogP contribution >= 0.6 is 0 Å². The summed E-state index contributed by atoms with van der Waals surface area (Å²) in [6.45, 7) is 10.0. The maximum atomic E-state index is 12.8. The van der Waals surface area contributed by atoms with Crippen molar-refractivity contribution in [2.75, 3.05) is 0 Å². The Hall–Kier alpha value is -0.336. The number of rotatable bonds is 5. The van der Waals surface area contributed by atoms with Crippen LogP contribution in [0.1, 0.15) is 59.7 Å². The van der Waals surface area contributed by atoms with E-state index in [1.54, 1.807) is 0 Å². The summed E-state index contributed by atoms with van der Waals surface area (Å²) in [5.41, 5.74) is 4.00. The molecule has 0 saturated heterocycles. The monoisotopic (exact) mass is 360 g/mol. The summed E-state index contributed by atoms with van der Waals surface area (Å²) in [6, 6.07) is 3.96. The maximum absolute atomic E-state index is 12.8. The predicted octanol–water partition coefficient (Wildman–Crippen LogP) is 4.01. The Morgan fingerprint density at radius 1 is 1.33 bits per heavy atom. The summed E-state index contributed by atoms with van der Waals surface area (Å²) >= 11 is 0. The van der Waals surface area contributed by atoms with Gasteiger partial charge in [-0.05, 0) is 43.4 Å². The standard InChI is InChI=1S/C18H23O2.Y/c1-5-14(19)9-10-18(6-2)11-16-13(4)12(3)7-8-15(16)17(18)20;/h7-8H,2,5-6,9-11H2,1,3-4H3;/q-1;. The third kappa shape index (κ3) is 3.37. The molecule has 1 aromatic carbocycles. The molecule has 1 atom stereocenters. The average molecular weight is 360 g/mol. The van der Waals surface area contributed by atoms with Gasteiger partial charge in [0.1, 0.15) is 5.78 Å². The van der Waals surface area contributed by atoms with Crippen molar-refractivity contribution in [3.63, 3.8) is 0 Å². The van der Waals surface area contributed by atoms with Crippen LogP contribution in [0.4, 0.5) is 0 Å². The first kappa shape index (κ1) is 18.7. The number of carbonyl (C=O) groups is 2. The van der Waals surface area contributed by atoms with Gasteiger partial charge in [-0.3, -0.25) is 9.59 Å². The molecule has 21 heavy (non-hydrogen) atoms. The molecule has 1 aliphatic carbocycles. The van der Waals surface area contributed by atoms with Crippen LogP contribution in [0.15, 0.2) is 12.1 Å². The minimum atomic E-state index is -0.453. The molecule has 0 amide bonds. The Morgan fingerprint density at radius 2 is 2.00 bits per heavy atom. The first-order valence-electron chi connectivity index (χ1n) is 7.40. The molecule has 2 nitrogen and oxygen atoms in total. The number of Topliss-reactive ketones (excluding diaryl/α,β-unsaturated/α-hetero) is 2. The van der Waals surface area contributed by atoms with Crippen molar-refractivity contribution < 1.29 is 42.3 Å². The second-order valence-corrected chi connectivity index (χ2v) is 5.96. The quantitative estimate of drug-likeness (QED) is 0.744. The van der Waals surface area contributed by atoms with Gasteiger partial charge in [0.05, 0.1) is 0 Å². The predicted molar refractivity (Wildman–Crippen MR) is 80.9 cm³/mol. The third-order valence-electron chi connectivity index (χ3n) is 4.87. The van der Waals surface area contributed by atoms with Crippen molar-refractivity contribution in [2.24, 2.45) is 5.41 Å². The molecule has 1 aromatic rings. The van der Waals surface area contributed by atoms with Gasteiger partial charge in [0.25, 0.3) is 0 Å². The van der Waals surface area contributed by atoms with Gasteiger partial charge in [-0.2, -0.15) is 6.42 Å². The Bertz CT molecular complexity index is 563. The smallest absolute Gasteiger partial charge is 0.167 e. The van der Waals surface area contributed by atoms with Gasteiger partial charge in [-0.25, -0.2) is 0 Å². The summed E-state index contributed by atoms with van der Waals surface area (Å²) < 4.78 is 0. The molecule has 0 N–H and O–H groups in total. The molecule has 0 fully saturated rings. The molecule has 3 heteroatoms. The second-order valence-electron chi connectivity index (χ2n) is 5.96. The topological polar surface area (TPSA) is 34.1 Å². The van der Waals surface area contributed by atoms with Gasteiger partial charge in [0.15, 0.2) is 5.78 Å². The fourth-order valence-corrected chi connectivity index (χ4v) is 3.10. The van der Waals surface area contributed by atoms with Crippen LogP contribution in [0.25, 0.3) is 0 Å². The van der Waals surface area contributed by atoms with Crippen LogP contribution < -0.4 is 0 Å². The minimum absolute atomic E-state index is 0. The minimum Gasteiger partial charge on any atom is -0.342 e. The fraction of sp³-hybridized carbons (Fsp3) is 0.500. The Kier molecular flexibility index (Phi) is 6.49. The number of hydrogen-bond acceptors (Lipinski definition) is 2. The molecule has 1 unspecified atom stereocenters. The molecule has 0 heterocycles. The van der Waals surface area contributed by atoms with E-state index in [1.807, 2.05) is 19.1 Å². The van der Waals surface area contributed by atoms with E-state index in [-0.39, 0.29) is 44.3 Å². The van der Waals surface area contributed by atoms with E-state index in [0.29, 0.717) is 25.7 Å². The van der Waals surface area contributed by atoms with Crippen molar-refractivity contribution in [1.82, 2.24) is 0 Å². The zero-order valence-corrected chi connectivity index (χ0v) is 16.1. The zero-order valence-electron chi connectivity index (χ0n) is 13.3. The van der Waals surface area contributed by atoms with E-state index in [1.165, 1.54) is 16.7 Å². The Balaban J connectivity index is 0.00000220. The normalized spacial score (nSPS) is 20.1. The number of benzene rings is 1. The summed E-state index contributed by atoms with van der Waals surface area (Å²) in [7, 11) is 0. The number of hydrogen-bond donors (Lipinski definition) is 0. The van der Waals surface area contributed by atoms with Crippen LogP contribution in [-0.4, -0.2) is 11.6 Å². The number of carbonyl (C=O) groups excluding carboxylic acids is 2. The van der Waals surface area contributed by atoms with Crippen molar-refractivity contribution in [2.45, 2.75) is 52.9 Å². The van der Waals surface area contributed by atoms with Gasteiger partial charge in [0, 0.05) is 56.5 Å². The molecular weight excluding hydrogens is 337 g/mol. The average Bonchev–Trinajstić information content (AvgIpc) is 2.74. The van der Waals surface area contributed by atoms with Gasteiger partial charge >= 0.3 is 0 Å². The van der Waals surface area contributed by atoms with Crippen molar-refractivity contribution in [1.29, 1.82) is 0 Å². The number of aryl methyl sites for hydroxylation is 1. The second kappa shape index (κ2) is 7.28. The molecular formula is C18H23O2Y-. The molecule has 1 radical (unpaired) electrons. The number of fused-ring (bicyclic) bond motifs is 1. The van der Waals surface area contributed by atoms with Crippen LogP contribution in [0.2, 0.25) is 0 Å². The molecule has 111 valence electrons. The summed E-state index contributed by atoms with van der Waals surface area (Å²) in [6.07, 6.45) is 2.98. The summed E-state index contributed by atoms with van der Waals surface area (Å²) in [5, 5.41) is 0. The Labute approximate surface area is 153 Å². The van der Waals surface area contributed by atoms with Crippen LogP contribution in [0, 0.1) is 26.2 Å². The molecule has 0 saturated carbocycles. The van der Waals surface area contributed by atoms with Gasteiger partial charge in [-0.1, -0.05) is 19.1 Å². The van der Waals surface area contributed by atoms with E-state index < -0.39 is 5.41 Å². The van der Waals surface area contributed by atoms with Crippen molar-refractivity contribution in [3.05, 3.63) is 41.3 Å². The van der Waals surface area contributed by atoms with E-state index in [9.17, 15) is 9.59 Å². The summed E-state index contributed by atoms with van der Waals surface area (Å²) in [4.78, 5) is 24.4. The van der Waals surface area contributed by atoms with E-state index >= 15 is 0 Å². The van der Waals surface area contributed by atoms with Crippen LogP contribution in [-0.2, 0) is 43.9 Å². The van der Waals surface area contributed by atoms with Gasteiger partial charge in [0.2, 0.25) is 0 Å². The van der Waals surface area contributed by atoms with Gasteiger partial charge < -0.3 is 6.92 Å². The van der Waals surface area contributed by atoms with E-state index in [4.69, 9.17) is 0 Å². The first-order valence-corrected chi connectivity index (χ1v) is 7.40. The molecule has 0 aliphatic heterocycles. The molecule has 2 rings (SSSR count). The fourth-order valence-electron chi connectivity index (χ4n) is 3.10. The molecule has 0 aromatic heterocycles. The largest absolute Gasteiger partial charge is 0.342 e. The number of ketones is 2. The molecule has 0 bridgehead atoms.